The highest BCUT2D eigenvalue weighted by Crippen LogP contribution is 2.25. The zero-order valence-electron chi connectivity index (χ0n) is 13.3. The summed E-state index contributed by atoms with van der Waals surface area (Å²) in [5.41, 5.74) is 2.77. The number of aliphatic hydroxyl groups is 1. The molecule has 0 heterocycles. The summed E-state index contributed by atoms with van der Waals surface area (Å²) in [5, 5.41) is 9.42. The molecule has 1 rings (SSSR count). The van der Waals surface area contributed by atoms with Crippen LogP contribution in [-0.4, -0.2) is 25.3 Å². The summed E-state index contributed by atoms with van der Waals surface area (Å²) < 4.78 is 0. The van der Waals surface area contributed by atoms with E-state index in [0.29, 0.717) is 11.8 Å². The lowest BCUT2D eigenvalue weighted by Gasteiger charge is -2.28. The number of hydrogen-bond donors (Lipinski definition) is 1. The Morgan fingerprint density at radius 3 is 2.00 bits per heavy atom. The number of benzene rings is 1. The van der Waals surface area contributed by atoms with Crippen LogP contribution >= 0.6 is 0 Å². The van der Waals surface area contributed by atoms with E-state index >= 15 is 0 Å². The Balaban J connectivity index is 2.75. The van der Waals surface area contributed by atoms with Crippen molar-refractivity contribution in [2.24, 2.45) is 11.8 Å². The summed E-state index contributed by atoms with van der Waals surface area (Å²) in [5.74, 6) is 0.827. The third-order valence-electron chi connectivity index (χ3n) is 3.86. The van der Waals surface area contributed by atoms with Gasteiger partial charge in [-0.2, -0.15) is 0 Å². The van der Waals surface area contributed by atoms with Gasteiger partial charge in [-0.1, -0.05) is 46.8 Å². The van der Waals surface area contributed by atoms with Gasteiger partial charge >= 0.3 is 0 Å². The molecule has 0 spiro atoms. The van der Waals surface area contributed by atoms with Gasteiger partial charge in [-0.15, -0.1) is 0 Å². The first kappa shape index (κ1) is 16.0. The maximum atomic E-state index is 9.42. The average Bonchev–Trinajstić information content (AvgIpc) is 2.34. The first-order chi connectivity index (χ1) is 8.75. The molecular weight excluding hydrogens is 234 g/mol. The van der Waals surface area contributed by atoms with Crippen LogP contribution in [0.3, 0.4) is 0 Å². The number of rotatable bonds is 5. The summed E-state index contributed by atoms with van der Waals surface area (Å²) in [7, 11) is 2.09. The molecular formula is C17H29NO. The molecule has 1 N–H and O–H groups in total. The summed E-state index contributed by atoms with van der Waals surface area (Å²) in [6, 6.07) is 8.76. The molecule has 1 aromatic carbocycles. The van der Waals surface area contributed by atoms with E-state index < -0.39 is 0 Å². The minimum Gasteiger partial charge on any atom is -0.396 e. The van der Waals surface area contributed by atoms with Crippen molar-refractivity contribution in [3.05, 3.63) is 29.8 Å². The summed E-state index contributed by atoms with van der Waals surface area (Å²) in [4.78, 5) is 2.23. The van der Waals surface area contributed by atoms with E-state index in [4.69, 9.17) is 0 Å². The van der Waals surface area contributed by atoms with Crippen LogP contribution in [0.4, 0.5) is 5.69 Å². The van der Waals surface area contributed by atoms with E-state index in [-0.39, 0.29) is 12.0 Å². The van der Waals surface area contributed by atoms with Gasteiger partial charge in [-0.05, 0) is 29.0 Å². The fraction of sp³-hybridized carbons (Fsp3) is 0.647. The zero-order valence-corrected chi connectivity index (χ0v) is 13.3. The van der Waals surface area contributed by atoms with Crippen molar-refractivity contribution in [2.75, 3.05) is 25.1 Å². The van der Waals surface area contributed by atoms with Crippen LogP contribution in [-0.2, 0) is 5.41 Å². The lowest BCUT2D eigenvalue weighted by atomic mass is 9.87. The van der Waals surface area contributed by atoms with Gasteiger partial charge in [0.05, 0.1) is 0 Å². The van der Waals surface area contributed by atoms with Crippen molar-refractivity contribution in [3.63, 3.8) is 0 Å². The standard InChI is InChI=1S/C17H29NO/c1-13(2)14(12-19)11-18(6)16-9-7-15(8-10-16)17(3,4)5/h7-10,13-14,19H,11-12H2,1-6H3. The molecule has 1 aromatic rings. The second kappa shape index (κ2) is 6.42. The van der Waals surface area contributed by atoms with E-state index in [1.54, 1.807) is 0 Å². The monoisotopic (exact) mass is 263 g/mol. The molecule has 0 bridgehead atoms. The van der Waals surface area contributed by atoms with Gasteiger partial charge in [0.2, 0.25) is 0 Å². The zero-order chi connectivity index (χ0) is 14.6. The molecule has 0 aliphatic heterocycles. The normalized spacial score (nSPS) is 13.7. The molecule has 2 heteroatoms. The average molecular weight is 263 g/mol. The fourth-order valence-corrected chi connectivity index (χ4v) is 2.15. The van der Waals surface area contributed by atoms with Crippen molar-refractivity contribution in [1.29, 1.82) is 0 Å². The van der Waals surface area contributed by atoms with Gasteiger partial charge in [0.1, 0.15) is 0 Å². The maximum Gasteiger partial charge on any atom is 0.0478 e. The van der Waals surface area contributed by atoms with Crippen LogP contribution in [0, 0.1) is 11.8 Å². The predicted molar refractivity (Wildman–Crippen MR) is 83.8 cm³/mol. The van der Waals surface area contributed by atoms with Crippen molar-refractivity contribution < 1.29 is 5.11 Å². The number of anilines is 1. The van der Waals surface area contributed by atoms with E-state index in [0.717, 1.165) is 6.54 Å². The van der Waals surface area contributed by atoms with Crippen LogP contribution in [0.5, 0.6) is 0 Å². The molecule has 0 radical (unpaired) electrons. The van der Waals surface area contributed by atoms with Crippen molar-refractivity contribution in [1.82, 2.24) is 0 Å². The van der Waals surface area contributed by atoms with Gasteiger partial charge in [0.25, 0.3) is 0 Å². The molecule has 0 aliphatic rings. The van der Waals surface area contributed by atoms with E-state index in [1.807, 2.05) is 0 Å². The minimum atomic E-state index is 0.197. The van der Waals surface area contributed by atoms with Gasteiger partial charge in [-0.3, -0.25) is 0 Å². The SMILES string of the molecule is CC(C)C(CO)CN(C)c1ccc(C(C)(C)C)cc1. The highest BCUT2D eigenvalue weighted by atomic mass is 16.3. The molecule has 0 fully saturated rings. The Bertz CT molecular complexity index is 375. The summed E-state index contributed by atoms with van der Waals surface area (Å²) in [6.45, 7) is 12.2. The smallest absolute Gasteiger partial charge is 0.0478 e. The number of aliphatic hydroxyl groups excluding tert-OH is 1. The molecule has 2 nitrogen and oxygen atoms in total. The fourth-order valence-electron chi connectivity index (χ4n) is 2.15. The summed E-state index contributed by atoms with van der Waals surface area (Å²) in [6.07, 6.45) is 0. The van der Waals surface area contributed by atoms with E-state index in [2.05, 4.69) is 70.8 Å². The van der Waals surface area contributed by atoms with E-state index in [9.17, 15) is 5.11 Å². The van der Waals surface area contributed by atoms with Gasteiger partial charge < -0.3 is 10.0 Å². The van der Waals surface area contributed by atoms with Crippen LogP contribution in [0.2, 0.25) is 0 Å². The Labute approximate surface area is 118 Å². The Kier molecular flexibility index (Phi) is 5.42. The minimum absolute atomic E-state index is 0.197. The lowest BCUT2D eigenvalue weighted by molar-refractivity contribution is 0.193. The molecule has 0 aromatic heterocycles. The third kappa shape index (κ3) is 4.54. The van der Waals surface area contributed by atoms with Gasteiger partial charge in [0.15, 0.2) is 0 Å². The number of nitrogens with zero attached hydrogens (tertiary/aromatic N) is 1. The second-order valence-corrected chi connectivity index (χ2v) is 6.86. The number of hydrogen-bond acceptors (Lipinski definition) is 2. The lowest BCUT2D eigenvalue weighted by Crippen LogP contribution is -2.30. The highest BCUT2D eigenvalue weighted by molar-refractivity contribution is 5.47. The largest absolute Gasteiger partial charge is 0.396 e. The molecule has 1 atom stereocenters. The first-order valence-electron chi connectivity index (χ1n) is 7.18. The van der Waals surface area contributed by atoms with Crippen LogP contribution in [0.15, 0.2) is 24.3 Å². The van der Waals surface area contributed by atoms with Crippen molar-refractivity contribution >= 4 is 5.69 Å². The molecule has 0 aliphatic carbocycles. The van der Waals surface area contributed by atoms with Crippen molar-refractivity contribution in [2.45, 2.75) is 40.0 Å². The third-order valence-corrected chi connectivity index (χ3v) is 3.86. The molecule has 108 valence electrons. The predicted octanol–water partition coefficient (Wildman–Crippen LogP) is 3.68. The highest BCUT2D eigenvalue weighted by Gasteiger charge is 2.16. The molecule has 0 amide bonds. The van der Waals surface area contributed by atoms with Crippen LogP contribution in [0.25, 0.3) is 0 Å². The molecule has 19 heavy (non-hydrogen) atoms. The molecule has 0 saturated carbocycles. The van der Waals surface area contributed by atoms with Crippen molar-refractivity contribution in [3.8, 4) is 0 Å². The Morgan fingerprint density at radius 2 is 1.63 bits per heavy atom. The van der Waals surface area contributed by atoms with E-state index in [1.165, 1.54) is 11.3 Å². The van der Waals surface area contributed by atoms with Gasteiger partial charge in [0, 0.05) is 31.8 Å². The topological polar surface area (TPSA) is 23.5 Å². The molecule has 1 unspecified atom stereocenters. The first-order valence-corrected chi connectivity index (χ1v) is 7.18. The second-order valence-electron chi connectivity index (χ2n) is 6.86. The Hall–Kier alpha value is -1.02. The van der Waals surface area contributed by atoms with Crippen LogP contribution in [0.1, 0.15) is 40.2 Å². The van der Waals surface area contributed by atoms with Crippen LogP contribution < -0.4 is 4.90 Å². The quantitative estimate of drug-likeness (QED) is 0.876. The van der Waals surface area contributed by atoms with Gasteiger partial charge in [-0.25, -0.2) is 0 Å². The Morgan fingerprint density at radius 1 is 1.11 bits per heavy atom. The maximum absolute atomic E-state index is 9.42. The molecule has 0 saturated heterocycles. The summed E-state index contributed by atoms with van der Waals surface area (Å²) >= 11 is 0.